The highest BCUT2D eigenvalue weighted by molar-refractivity contribution is 5.23. The van der Waals surface area contributed by atoms with Gasteiger partial charge in [0.2, 0.25) is 0 Å². The second-order valence-corrected chi connectivity index (χ2v) is 4.23. The minimum Gasteiger partial charge on any atom is -0.346 e. The van der Waals surface area contributed by atoms with Crippen LogP contribution in [-0.4, -0.2) is 18.1 Å². The van der Waals surface area contributed by atoms with Crippen LogP contribution < -0.4 is 0 Å². The fraction of sp³-hybridized carbons (Fsp3) is 0.250. The third kappa shape index (κ3) is 5.51. The number of alkyl halides is 1. The number of halogens is 2. The van der Waals surface area contributed by atoms with Crippen LogP contribution in [0.3, 0.4) is 0 Å². The van der Waals surface area contributed by atoms with E-state index in [0.29, 0.717) is 12.2 Å². The van der Waals surface area contributed by atoms with Gasteiger partial charge in [0.05, 0.1) is 0 Å². The molecule has 19 heavy (non-hydrogen) atoms. The maximum Gasteiger partial charge on any atom is 0.129 e. The molecule has 0 aromatic rings. The smallest absolute Gasteiger partial charge is 0.129 e. The third-order valence-corrected chi connectivity index (χ3v) is 2.68. The lowest BCUT2D eigenvalue weighted by Crippen LogP contribution is -2.17. The molecule has 0 bridgehead atoms. The van der Waals surface area contributed by atoms with Crippen molar-refractivity contribution >= 4 is 0 Å². The summed E-state index contributed by atoms with van der Waals surface area (Å²) in [5.41, 5.74) is 1.65. The molecule has 0 aliphatic carbocycles. The lowest BCUT2D eigenvalue weighted by Gasteiger charge is -2.19. The van der Waals surface area contributed by atoms with E-state index in [1.54, 1.807) is 4.90 Å². The van der Waals surface area contributed by atoms with Crippen molar-refractivity contribution in [3.8, 4) is 0 Å². The zero-order valence-corrected chi connectivity index (χ0v) is 11.2. The Kier molecular flexibility index (Phi) is 6.58. The summed E-state index contributed by atoms with van der Waals surface area (Å²) in [6.45, 7) is 5.26. The second-order valence-electron chi connectivity index (χ2n) is 4.23. The Morgan fingerprint density at radius 3 is 2.89 bits per heavy atom. The predicted molar refractivity (Wildman–Crippen MR) is 76.8 cm³/mol. The van der Waals surface area contributed by atoms with E-state index in [0.717, 1.165) is 12.5 Å². The van der Waals surface area contributed by atoms with E-state index < -0.39 is 12.5 Å². The van der Waals surface area contributed by atoms with Crippen molar-refractivity contribution in [3.05, 3.63) is 72.4 Å². The highest BCUT2D eigenvalue weighted by Gasteiger charge is 2.04. The number of nitrogens with zero attached hydrogens (tertiary/aromatic N) is 1. The van der Waals surface area contributed by atoms with Gasteiger partial charge in [0.15, 0.2) is 0 Å². The zero-order valence-electron chi connectivity index (χ0n) is 11.2. The van der Waals surface area contributed by atoms with Gasteiger partial charge in [0.1, 0.15) is 12.5 Å². The summed E-state index contributed by atoms with van der Waals surface area (Å²) in [5, 5.41) is 0. The monoisotopic (exact) mass is 263 g/mol. The van der Waals surface area contributed by atoms with Crippen LogP contribution in [0, 0.1) is 0 Å². The molecular weight excluding hydrogens is 244 g/mol. The molecule has 0 amide bonds. The summed E-state index contributed by atoms with van der Waals surface area (Å²) in [6.07, 6.45) is 14.3. The van der Waals surface area contributed by atoms with Crippen molar-refractivity contribution < 1.29 is 8.78 Å². The van der Waals surface area contributed by atoms with Crippen LogP contribution in [-0.2, 0) is 0 Å². The van der Waals surface area contributed by atoms with E-state index in [1.807, 2.05) is 37.4 Å². The highest BCUT2D eigenvalue weighted by Crippen LogP contribution is 2.12. The van der Waals surface area contributed by atoms with Crippen LogP contribution in [0.25, 0.3) is 0 Å². The lowest BCUT2D eigenvalue weighted by molar-refractivity contribution is 0.423. The predicted octanol–water partition coefficient (Wildman–Crippen LogP) is 4.60. The van der Waals surface area contributed by atoms with Gasteiger partial charge < -0.3 is 4.90 Å². The first kappa shape index (κ1) is 15.2. The van der Waals surface area contributed by atoms with Gasteiger partial charge in [-0.1, -0.05) is 36.5 Å². The molecule has 0 fully saturated rings. The molecule has 0 saturated carbocycles. The Balaban J connectivity index is 2.89. The molecule has 1 nitrogen and oxygen atoms in total. The molecule has 0 radical (unpaired) electrons. The largest absolute Gasteiger partial charge is 0.346 e. The van der Waals surface area contributed by atoms with Gasteiger partial charge in [-0.25, -0.2) is 8.78 Å². The van der Waals surface area contributed by atoms with Crippen molar-refractivity contribution in [3.63, 3.8) is 0 Å². The van der Waals surface area contributed by atoms with E-state index in [2.05, 4.69) is 6.58 Å². The fourth-order valence-corrected chi connectivity index (χ4v) is 1.58. The average molecular weight is 263 g/mol. The van der Waals surface area contributed by atoms with E-state index in [9.17, 15) is 8.78 Å². The van der Waals surface area contributed by atoms with Gasteiger partial charge >= 0.3 is 0 Å². The van der Waals surface area contributed by atoms with Crippen molar-refractivity contribution in [2.45, 2.75) is 13.3 Å². The molecule has 0 unspecified atom stereocenters. The van der Waals surface area contributed by atoms with Crippen LogP contribution in [0.2, 0.25) is 0 Å². The fourth-order valence-electron chi connectivity index (χ4n) is 1.58. The van der Waals surface area contributed by atoms with Gasteiger partial charge in [-0.3, -0.25) is 0 Å². The van der Waals surface area contributed by atoms with Crippen molar-refractivity contribution in [2.75, 3.05) is 13.2 Å². The minimum atomic E-state index is -0.647. The molecule has 1 rings (SSSR count). The number of allylic oxidation sites excluding steroid dienone is 9. The minimum absolute atomic E-state index is 0.414. The van der Waals surface area contributed by atoms with Crippen LogP contribution in [0.5, 0.6) is 0 Å². The number of hydrogen-bond acceptors (Lipinski definition) is 1. The molecule has 102 valence electrons. The van der Waals surface area contributed by atoms with Gasteiger partial charge in [0, 0.05) is 18.4 Å². The summed E-state index contributed by atoms with van der Waals surface area (Å²) < 4.78 is 26.0. The van der Waals surface area contributed by atoms with E-state index in [-0.39, 0.29) is 0 Å². The molecule has 1 aliphatic heterocycles. The first-order valence-electron chi connectivity index (χ1n) is 6.17. The molecule has 1 heterocycles. The van der Waals surface area contributed by atoms with Gasteiger partial charge in [0.25, 0.3) is 0 Å². The molecule has 0 spiro atoms. The van der Waals surface area contributed by atoms with Crippen LogP contribution in [0.4, 0.5) is 8.78 Å². The number of rotatable bonds is 4. The maximum atomic E-state index is 13.1. The summed E-state index contributed by atoms with van der Waals surface area (Å²) >= 11 is 0. The summed E-state index contributed by atoms with van der Waals surface area (Å²) in [6, 6.07) is 0. The van der Waals surface area contributed by atoms with E-state index >= 15 is 0 Å². The number of hydrogen-bond donors (Lipinski definition) is 0. The summed E-state index contributed by atoms with van der Waals surface area (Å²) in [5.74, 6) is -0.479. The Labute approximate surface area is 113 Å². The molecular formula is C16H19F2N. The second kappa shape index (κ2) is 8.25. The highest BCUT2D eigenvalue weighted by atomic mass is 19.1. The average Bonchev–Trinajstić information content (AvgIpc) is 2.52. The zero-order chi connectivity index (χ0) is 14.1. The Hall–Kier alpha value is -1.90. The van der Waals surface area contributed by atoms with Gasteiger partial charge in [-0.05, 0) is 31.6 Å². The van der Waals surface area contributed by atoms with Crippen molar-refractivity contribution in [1.82, 2.24) is 4.90 Å². The summed E-state index contributed by atoms with van der Waals surface area (Å²) in [4.78, 5) is 1.76. The summed E-state index contributed by atoms with van der Waals surface area (Å²) in [7, 11) is 0. The van der Waals surface area contributed by atoms with Crippen LogP contribution in [0.15, 0.2) is 72.4 Å². The van der Waals surface area contributed by atoms with Crippen molar-refractivity contribution in [2.24, 2.45) is 0 Å². The molecule has 0 saturated heterocycles. The van der Waals surface area contributed by atoms with E-state index in [4.69, 9.17) is 0 Å². The first-order chi connectivity index (χ1) is 9.17. The quantitative estimate of drug-likeness (QED) is 0.670. The first-order valence-corrected chi connectivity index (χ1v) is 6.17. The van der Waals surface area contributed by atoms with Crippen LogP contribution in [0.1, 0.15) is 13.3 Å². The van der Waals surface area contributed by atoms with Crippen LogP contribution >= 0.6 is 0 Å². The van der Waals surface area contributed by atoms with Crippen molar-refractivity contribution in [1.29, 1.82) is 0 Å². The SMILES string of the molecule is C=C/C(F)=C\C=C(/CF)N1/C=C\C/C(C)=C\C=C/C1. The Morgan fingerprint density at radius 1 is 1.42 bits per heavy atom. The Bertz CT molecular complexity index is 453. The molecule has 0 atom stereocenters. The maximum absolute atomic E-state index is 13.1. The molecule has 0 N–H and O–H groups in total. The molecule has 3 heteroatoms. The van der Waals surface area contributed by atoms with E-state index in [1.165, 1.54) is 17.7 Å². The van der Waals surface area contributed by atoms with Gasteiger partial charge in [-0.2, -0.15) is 0 Å². The lowest BCUT2D eigenvalue weighted by atomic mass is 10.2. The standard InChI is InChI=1S/C16H19F2N/c1-3-15(18)9-10-16(13-17)19-11-5-4-7-14(2)8-6-12-19/h3-7,9-10,12H,1,8,11,13H2,2H3/b5-4-,12-6-,14-7-,15-9+,16-10+. The molecule has 0 aromatic heterocycles. The Morgan fingerprint density at radius 2 is 2.21 bits per heavy atom. The molecule has 1 aliphatic rings. The molecule has 0 aromatic carbocycles. The third-order valence-electron chi connectivity index (χ3n) is 2.68. The topological polar surface area (TPSA) is 3.24 Å². The van der Waals surface area contributed by atoms with Gasteiger partial charge in [-0.15, -0.1) is 0 Å². The normalized spacial score (nSPS) is 23.7.